The van der Waals surface area contributed by atoms with Crippen molar-refractivity contribution in [1.29, 1.82) is 0 Å². The Morgan fingerprint density at radius 1 is 1.27 bits per heavy atom. The van der Waals surface area contributed by atoms with Crippen molar-refractivity contribution in [2.45, 2.75) is 31.5 Å². The molecule has 1 heterocycles. The minimum atomic E-state index is -0.895. The molecule has 0 aromatic rings. The van der Waals surface area contributed by atoms with E-state index in [2.05, 4.69) is 0 Å². The molecule has 3 aliphatic rings. The fourth-order valence-electron chi connectivity index (χ4n) is 3.03. The molecule has 1 aliphatic heterocycles. The van der Waals surface area contributed by atoms with E-state index in [1.54, 1.807) is 12.2 Å². The van der Waals surface area contributed by atoms with Crippen molar-refractivity contribution in [3.05, 3.63) is 46.8 Å². The van der Waals surface area contributed by atoms with Crippen LogP contribution in [0, 0.1) is 5.92 Å². The lowest BCUT2D eigenvalue weighted by Gasteiger charge is -2.34. The zero-order valence-corrected chi connectivity index (χ0v) is 12.2. The lowest BCUT2D eigenvalue weighted by atomic mass is 9.86. The van der Waals surface area contributed by atoms with Gasteiger partial charge < -0.3 is 24.8 Å². The first-order valence-electron chi connectivity index (χ1n) is 7.17. The number of ketones is 1. The molecule has 0 spiro atoms. The first-order chi connectivity index (χ1) is 10.5. The van der Waals surface area contributed by atoms with Crippen molar-refractivity contribution in [3.63, 3.8) is 0 Å². The Kier molecular flexibility index (Phi) is 3.70. The van der Waals surface area contributed by atoms with E-state index in [4.69, 9.17) is 9.47 Å². The normalized spacial score (nSPS) is 31.6. The highest BCUT2D eigenvalue weighted by atomic mass is 16.5. The molecule has 3 unspecified atom stereocenters. The molecule has 6 nitrogen and oxygen atoms in total. The number of fused-ring (bicyclic) bond motifs is 1. The monoisotopic (exact) mass is 306 g/mol. The lowest BCUT2D eigenvalue weighted by Crippen LogP contribution is -2.33. The summed E-state index contributed by atoms with van der Waals surface area (Å²) in [6, 6.07) is 0. The van der Waals surface area contributed by atoms with Crippen LogP contribution < -0.4 is 0 Å². The van der Waals surface area contributed by atoms with Gasteiger partial charge in [-0.3, -0.25) is 4.79 Å². The Labute approximate surface area is 127 Å². The molecule has 2 aliphatic carbocycles. The van der Waals surface area contributed by atoms with E-state index in [1.165, 1.54) is 13.2 Å². The molecule has 22 heavy (non-hydrogen) atoms. The summed E-state index contributed by atoms with van der Waals surface area (Å²) in [4.78, 5) is 11.9. The van der Waals surface area contributed by atoms with E-state index in [0.29, 0.717) is 12.2 Å². The third kappa shape index (κ3) is 2.50. The second kappa shape index (κ2) is 5.53. The van der Waals surface area contributed by atoms with Gasteiger partial charge >= 0.3 is 0 Å². The molecular formula is C16H18O6. The number of aliphatic hydroxyl groups excluding tert-OH is 3. The summed E-state index contributed by atoms with van der Waals surface area (Å²) in [5, 5.41) is 29.7. The quantitative estimate of drug-likeness (QED) is 0.720. The molecule has 0 saturated carbocycles. The molecule has 3 rings (SSSR count). The number of methoxy groups -OCH3 is 1. The summed E-state index contributed by atoms with van der Waals surface area (Å²) in [5.41, 5.74) is 0.165. The number of Topliss-reactive ketones (excluding diaryl/α,β-unsaturated/α-hetero) is 1. The Balaban J connectivity index is 1.84. The number of hydrogen-bond donors (Lipinski definition) is 3. The van der Waals surface area contributed by atoms with Gasteiger partial charge in [0.1, 0.15) is 17.6 Å². The Morgan fingerprint density at radius 2 is 2.05 bits per heavy atom. The van der Waals surface area contributed by atoms with Crippen LogP contribution >= 0.6 is 0 Å². The van der Waals surface area contributed by atoms with E-state index in [1.807, 2.05) is 0 Å². The predicted octanol–water partition coefficient (Wildman–Crippen LogP) is 1.80. The highest BCUT2D eigenvalue weighted by molar-refractivity contribution is 6.01. The number of hydrogen-bond acceptors (Lipinski definition) is 6. The maximum atomic E-state index is 11.9. The molecule has 0 amide bonds. The van der Waals surface area contributed by atoms with Crippen LogP contribution in [0.1, 0.15) is 19.3 Å². The summed E-state index contributed by atoms with van der Waals surface area (Å²) in [6.45, 7) is 0. The number of aliphatic hydroxyl groups is 3. The summed E-state index contributed by atoms with van der Waals surface area (Å²) < 4.78 is 10.8. The van der Waals surface area contributed by atoms with Crippen molar-refractivity contribution in [2.24, 2.45) is 5.92 Å². The standard InChI is InChI=1S/C16H18O6/c1-21-13-3-2-8(4-10(13)18)14-7-12(20)16-11(19)5-9(17)6-15(16)22-14/h3-4,6,8-9,14,17-18,20H,2,5,7H2,1H3. The van der Waals surface area contributed by atoms with Gasteiger partial charge in [-0.25, -0.2) is 0 Å². The second-order valence-corrected chi connectivity index (χ2v) is 5.63. The number of carbonyl (C=O) groups excluding carboxylic acids is 1. The number of allylic oxidation sites excluding steroid dienone is 2. The number of rotatable bonds is 2. The van der Waals surface area contributed by atoms with E-state index in [9.17, 15) is 20.1 Å². The summed E-state index contributed by atoms with van der Waals surface area (Å²) in [7, 11) is 1.48. The Hall–Kier alpha value is -2.21. The summed E-state index contributed by atoms with van der Waals surface area (Å²) >= 11 is 0. The molecule has 0 aromatic carbocycles. The first kappa shape index (κ1) is 14.7. The molecule has 0 saturated heterocycles. The van der Waals surface area contributed by atoms with Gasteiger partial charge in [-0.15, -0.1) is 0 Å². The maximum Gasteiger partial charge on any atom is 0.172 e. The SMILES string of the molecule is COC1=CCC(C2CC(O)=C3C(=O)CC(O)C=C3O2)C=C1O. The molecule has 3 atom stereocenters. The van der Waals surface area contributed by atoms with Gasteiger partial charge in [0, 0.05) is 18.8 Å². The third-order valence-corrected chi connectivity index (χ3v) is 4.12. The van der Waals surface area contributed by atoms with Crippen LogP contribution in [-0.2, 0) is 14.3 Å². The van der Waals surface area contributed by atoms with E-state index >= 15 is 0 Å². The highest BCUT2D eigenvalue weighted by Gasteiger charge is 2.37. The van der Waals surface area contributed by atoms with Crippen molar-refractivity contribution in [2.75, 3.05) is 7.11 Å². The van der Waals surface area contributed by atoms with Gasteiger partial charge in [0.2, 0.25) is 0 Å². The zero-order valence-electron chi connectivity index (χ0n) is 12.2. The Morgan fingerprint density at radius 3 is 2.73 bits per heavy atom. The molecule has 0 fully saturated rings. The summed E-state index contributed by atoms with van der Waals surface area (Å²) in [6.07, 6.45) is 4.27. The molecule has 0 bridgehead atoms. The highest BCUT2D eigenvalue weighted by Crippen LogP contribution is 2.37. The first-order valence-corrected chi connectivity index (χ1v) is 7.17. The lowest BCUT2D eigenvalue weighted by molar-refractivity contribution is -0.118. The summed E-state index contributed by atoms with van der Waals surface area (Å²) in [5.74, 6) is 0.184. The smallest absolute Gasteiger partial charge is 0.172 e. The number of carbonyl (C=O) groups is 1. The van der Waals surface area contributed by atoms with Crippen molar-refractivity contribution >= 4 is 5.78 Å². The molecule has 0 aromatic heterocycles. The maximum absolute atomic E-state index is 11.9. The van der Waals surface area contributed by atoms with Crippen LogP contribution in [0.2, 0.25) is 0 Å². The van der Waals surface area contributed by atoms with Crippen LogP contribution in [0.15, 0.2) is 46.8 Å². The van der Waals surface area contributed by atoms with Crippen LogP contribution in [0.4, 0.5) is 0 Å². The van der Waals surface area contributed by atoms with Crippen LogP contribution in [-0.4, -0.2) is 40.4 Å². The predicted molar refractivity (Wildman–Crippen MR) is 76.8 cm³/mol. The molecule has 118 valence electrons. The molecule has 6 heteroatoms. The van der Waals surface area contributed by atoms with Gasteiger partial charge in [0.25, 0.3) is 0 Å². The van der Waals surface area contributed by atoms with E-state index in [-0.39, 0.29) is 47.4 Å². The van der Waals surface area contributed by atoms with Crippen molar-refractivity contribution < 1.29 is 29.6 Å². The van der Waals surface area contributed by atoms with Crippen LogP contribution in [0.5, 0.6) is 0 Å². The number of ether oxygens (including phenoxy) is 2. The molecule has 3 N–H and O–H groups in total. The topological polar surface area (TPSA) is 96.2 Å². The second-order valence-electron chi connectivity index (χ2n) is 5.63. The fraction of sp³-hybridized carbons (Fsp3) is 0.438. The van der Waals surface area contributed by atoms with Crippen LogP contribution in [0.25, 0.3) is 0 Å². The largest absolute Gasteiger partial charge is 0.511 e. The van der Waals surface area contributed by atoms with Gasteiger partial charge in [0.05, 0.1) is 18.8 Å². The third-order valence-electron chi connectivity index (χ3n) is 4.12. The van der Waals surface area contributed by atoms with Gasteiger partial charge in [0.15, 0.2) is 17.3 Å². The Bertz CT molecular complexity index is 625. The molecular weight excluding hydrogens is 288 g/mol. The van der Waals surface area contributed by atoms with Gasteiger partial charge in [-0.2, -0.15) is 0 Å². The van der Waals surface area contributed by atoms with E-state index < -0.39 is 12.2 Å². The van der Waals surface area contributed by atoms with E-state index in [0.717, 1.165) is 0 Å². The van der Waals surface area contributed by atoms with Crippen LogP contribution in [0.3, 0.4) is 0 Å². The minimum absolute atomic E-state index is 0.0196. The van der Waals surface area contributed by atoms with Crippen molar-refractivity contribution in [1.82, 2.24) is 0 Å². The van der Waals surface area contributed by atoms with Crippen molar-refractivity contribution in [3.8, 4) is 0 Å². The van der Waals surface area contributed by atoms with Gasteiger partial charge in [-0.1, -0.05) is 0 Å². The average Bonchev–Trinajstić information content (AvgIpc) is 2.45. The average molecular weight is 306 g/mol. The molecule has 0 radical (unpaired) electrons. The van der Waals surface area contributed by atoms with Gasteiger partial charge in [-0.05, 0) is 24.6 Å². The minimum Gasteiger partial charge on any atom is -0.511 e. The fourth-order valence-corrected chi connectivity index (χ4v) is 3.03. The zero-order chi connectivity index (χ0) is 15.9.